The number of aromatic nitrogens is 4. The molecule has 4 nitrogen and oxygen atoms in total. The van der Waals surface area contributed by atoms with Crippen molar-refractivity contribution in [3.63, 3.8) is 0 Å². The van der Waals surface area contributed by atoms with Crippen LogP contribution in [0, 0.1) is 0 Å². The summed E-state index contributed by atoms with van der Waals surface area (Å²) >= 11 is 0. The predicted molar refractivity (Wildman–Crippen MR) is 232 cm³/mol. The Morgan fingerprint density at radius 1 is 0.232 bits per heavy atom. The minimum absolute atomic E-state index is 0.517. The summed E-state index contributed by atoms with van der Waals surface area (Å²) in [6.07, 6.45) is 0. The molecule has 0 aliphatic rings. The standard InChI is InChI=1S/C52H30N4/c1-5-13-31(14-6-1)39-29-40(32-15-7-2-8-16-32)36-22-26-44-49-43(25-21-35(39)47(36)49)53-51(54-44)52-55-45-27-23-37-41(33-17-9-3-10-18-33)30-42(34-19-11-4-12-20-34)38-24-28-46(56-52)50(45)48(37)38/h1-30H. The Morgan fingerprint density at radius 3 is 0.732 bits per heavy atom. The van der Waals surface area contributed by atoms with Gasteiger partial charge in [0, 0.05) is 21.5 Å². The highest BCUT2D eigenvalue weighted by Crippen LogP contribution is 2.46. The highest BCUT2D eigenvalue weighted by molar-refractivity contribution is 6.28. The second-order valence-corrected chi connectivity index (χ2v) is 14.5. The predicted octanol–water partition coefficient (Wildman–Crippen LogP) is 13.4. The van der Waals surface area contributed by atoms with Gasteiger partial charge in [0.2, 0.25) is 0 Å². The molecule has 0 bridgehead atoms. The van der Waals surface area contributed by atoms with Crippen molar-refractivity contribution >= 4 is 65.2 Å². The minimum atomic E-state index is 0.517. The van der Waals surface area contributed by atoms with Gasteiger partial charge >= 0.3 is 0 Å². The van der Waals surface area contributed by atoms with E-state index in [1.54, 1.807) is 0 Å². The third kappa shape index (κ3) is 4.60. The van der Waals surface area contributed by atoms with Crippen molar-refractivity contribution in [2.45, 2.75) is 0 Å². The first kappa shape index (κ1) is 30.9. The Balaban J connectivity index is 1.09. The first-order valence-electron chi connectivity index (χ1n) is 19.0. The molecule has 0 aliphatic heterocycles. The van der Waals surface area contributed by atoms with Gasteiger partial charge in [-0.25, -0.2) is 19.9 Å². The number of hydrogen-bond acceptors (Lipinski definition) is 4. The molecule has 258 valence electrons. The van der Waals surface area contributed by atoms with E-state index >= 15 is 0 Å². The molecular formula is C52H30N4. The summed E-state index contributed by atoms with van der Waals surface area (Å²) in [5, 5.41) is 9.19. The molecule has 2 heterocycles. The van der Waals surface area contributed by atoms with Crippen LogP contribution >= 0.6 is 0 Å². The molecule has 10 aromatic carbocycles. The highest BCUT2D eigenvalue weighted by atomic mass is 15.0. The molecule has 12 rings (SSSR count). The fraction of sp³-hybridized carbons (Fsp3) is 0. The molecule has 2 aromatic heterocycles. The van der Waals surface area contributed by atoms with Gasteiger partial charge in [0.15, 0.2) is 11.6 Å². The summed E-state index contributed by atoms with van der Waals surface area (Å²) in [7, 11) is 0. The molecule has 56 heavy (non-hydrogen) atoms. The zero-order valence-electron chi connectivity index (χ0n) is 30.1. The van der Waals surface area contributed by atoms with Crippen LogP contribution in [0.15, 0.2) is 182 Å². The Hall–Kier alpha value is -7.56. The van der Waals surface area contributed by atoms with Gasteiger partial charge in [0.05, 0.1) is 22.1 Å². The average molecular weight is 711 g/mol. The van der Waals surface area contributed by atoms with E-state index < -0.39 is 0 Å². The normalized spacial score (nSPS) is 11.9. The highest BCUT2D eigenvalue weighted by Gasteiger charge is 2.22. The monoisotopic (exact) mass is 710 g/mol. The second-order valence-electron chi connectivity index (χ2n) is 14.5. The van der Waals surface area contributed by atoms with Gasteiger partial charge in [0.1, 0.15) is 0 Å². The van der Waals surface area contributed by atoms with Gasteiger partial charge in [-0.15, -0.1) is 0 Å². The van der Waals surface area contributed by atoms with Crippen molar-refractivity contribution in [1.29, 1.82) is 0 Å². The minimum Gasteiger partial charge on any atom is -0.225 e. The van der Waals surface area contributed by atoms with E-state index in [1.807, 2.05) is 0 Å². The lowest BCUT2D eigenvalue weighted by Crippen LogP contribution is -2.00. The van der Waals surface area contributed by atoms with Crippen LogP contribution in [-0.2, 0) is 0 Å². The molecule has 12 aromatic rings. The lowest BCUT2D eigenvalue weighted by atomic mass is 9.87. The number of hydrogen-bond donors (Lipinski definition) is 0. The van der Waals surface area contributed by atoms with Crippen LogP contribution in [-0.4, -0.2) is 19.9 Å². The van der Waals surface area contributed by atoms with E-state index in [4.69, 9.17) is 19.9 Å². The summed E-state index contributed by atoms with van der Waals surface area (Å²) in [5.41, 5.74) is 13.0. The van der Waals surface area contributed by atoms with Crippen LogP contribution in [0.25, 0.3) is 121 Å². The van der Waals surface area contributed by atoms with Gasteiger partial charge < -0.3 is 0 Å². The van der Waals surface area contributed by atoms with E-state index in [0.717, 1.165) is 32.8 Å². The SMILES string of the molecule is c1ccc(-c2cc(-c3ccccc3)c3ccc4nc(-c5nc6ccc7c(-c8ccccc8)cc(-c8ccccc8)c8ccc(n5)c6c78)nc5ccc2c3c54)cc1. The smallest absolute Gasteiger partial charge is 0.198 e. The number of rotatable bonds is 5. The van der Waals surface area contributed by atoms with Crippen LogP contribution in [0.3, 0.4) is 0 Å². The zero-order valence-corrected chi connectivity index (χ0v) is 30.1. The number of benzene rings is 10. The van der Waals surface area contributed by atoms with Gasteiger partial charge in [-0.2, -0.15) is 0 Å². The molecular weight excluding hydrogens is 681 g/mol. The quantitative estimate of drug-likeness (QED) is 0.167. The van der Waals surface area contributed by atoms with Crippen molar-refractivity contribution < 1.29 is 0 Å². The Morgan fingerprint density at radius 2 is 0.482 bits per heavy atom. The molecule has 0 atom stereocenters. The molecule has 0 N–H and O–H groups in total. The van der Waals surface area contributed by atoms with Gasteiger partial charge in [-0.05, 0) is 102 Å². The van der Waals surface area contributed by atoms with Crippen LogP contribution < -0.4 is 0 Å². The van der Waals surface area contributed by atoms with Gasteiger partial charge in [-0.1, -0.05) is 146 Å². The Bertz CT molecular complexity index is 2990. The van der Waals surface area contributed by atoms with Crippen LogP contribution in [0.2, 0.25) is 0 Å². The van der Waals surface area contributed by atoms with E-state index in [0.29, 0.717) is 11.6 Å². The summed E-state index contributed by atoms with van der Waals surface area (Å²) in [5.74, 6) is 1.03. The summed E-state index contributed by atoms with van der Waals surface area (Å²) in [4.78, 5) is 20.8. The Kier molecular flexibility index (Phi) is 6.60. The zero-order chi connectivity index (χ0) is 36.7. The third-order valence-corrected chi connectivity index (χ3v) is 11.4. The first-order valence-corrected chi connectivity index (χ1v) is 19.0. The van der Waals surface area contributed by atoms with Crippen molar-refractivity contribution in [3.8, 4) is 56.2 Å². The van der Waals surface area contributed by atoms with Gasteiger partial charge in [0.25, 0.3) is 0 Å². The van der Waals surface area contributed by atoms with Crippen LogP contribution in [0.1, 0.15) is 0 Å². The molecule has 4 heteroatoms. The van der Waals surface area contributed by atoms with Crippen LogP contribution in [0.5, 0.6) is 0 Å². The average Bonchev–Trinajstić information content (AvgIpc) is 3.27. The van der Waals surface area contributed by atoms with Crippen LogP contribution in [0.4, 0.5) is 0 Å². The maximum absolute atomic E-state index is 5.21. The van der Waals surface area contributed by atoms with E-state index in [9.17, 15) is 0 Å². The maximum Gasteiger partial charge on any atom is 0.198 e. The maximum atomic E-state index is 5.21. The molecule has 0 spiro atoms. The van der Waals surface area contributed by atoms with E-state index in [-0.39, 0.29) is 0 Å². The molecule has 0 amide bonds. The van der Waals surface area contributed by atoms with Crippen molar-refractivity contribution in [2.24, 2.45) is 0 Å². The van der Waals surface area contributed by atoms with E-state index in [1.165, 1.54) is 76.8 Å². The Labute approximate surface area is 322 Å². The summed E-state index contributed by atoms with van der Waals surface area (Å²) in [6.45, 7) is 0. The lowest BCUT2D eigenvalue weighted by Gasteiger charge is -2.18. The molecule has 0 aliphatic carbocycles. The molecule has 0 fully saturated rings. The third-order valence-electron chi connectivity index (χ3n) is 11.4. The van der Waals surface area contributed by atoms with Gasteiger partial charge in [-0.3, -0.25) is 0 Å². The largest absolute Gasteiger partial charge is 0.225 e. The fourth-order valence-electron chi connectivity index (χ4n) is 8.92. The topological polar surface area (TPSA) is 51.6 Å². The lowest BCUT2D eigenvalue weighted by molar-refractivity contribution is 1.16. The second kappa shape index (κ2) is 12.0. The number of nitrogens with zero attached hydrogens (tertiary/aromatic N) is 4. The molecule has 0 radical (unpaired) electrons. The summed E-state index contributed by atoms with van der Waals surface area (Å²) < 4.78 is 0. The van der Waals surface area contributed by atoms with Crippen molar-refractivity contribution in [2.75, 3.05) is 0 Å². The summed E-state index contributed by atoms with van der Waals surface area (Å²) in [6, 6.07) is 64.6. The molecule has 0 saturated heterocycles. The van der Waals surface area contributed by atoms with Crippen molar-refractivity contribution in [1.82, 2.24) is 19.9 Å². The first-order chi connectivity index (χ1) is 27.8. The molecule has 0 unspecified atom stereocenters. The van der Waals surface area contributed by atoms with E-state index in [2.05, 4.69) is 182 Å². The van der Waals surface area contributed by atoms with Crippen molar-refractivity contribution in [3.05, 3.63) is 182 Å². The molecule has 0 saturated carbocycles. The fourth-order valence-corrected chi connectivity index (χ4v) is 8.92.